The highest BCUT2D eigenvalue weighted by molar-refractivity contribution is 6.32. The zero-order chi connectivity index (χ0) is 23.1. The molecule has 0 saturated heterocycles. The number of rotatable bonds is 10. The van der Waals surface area contributed by atoms with Gasteiger partial charge in [0.2, 0.25) is 0 Å². The van der Waals surface area contributed by atoms with Crippen molar-refractivity contribution in [1.29, 1.82) is 5.26 Å². The molecular formula is C22H25ClN6O3. The average Bonchev–Trinajstić information content (AvgIpc) is 3.44. The molecule has 0 aliphatic rings. The fourth-order valence-electron chi connectivity index (χ4n) is 3.08. The van der Waals surface area contributed by atoms with E-state index in [1.54, 1.807) is 28.9 Å². The van der Waals surface area contributed by atoms with Gasteiger partial charge in [0.25, 0.3) is 5.91 Å². The second-order valence-electron chi connectivity index (χ2n) is 7.40. The number of amides is 1. The minimum atomic E-state index is -0.297. The van der Waals surface area contributed by atoms with E-state index < -0.39 is 0 Å². The van der Waals surface area contributed by atoms with Crippen LogP contribution >= 0.6 is 11.6 Å². The Balaban J connectivity index is 1.56. The van der Waals surface area contributed by atoms with Gasteiger partial charge in [0, 0.05) is 31.0 Å². The molecule has 3 rings (SSSR count). The Kier molecular flexibility index (Phi) is 8.00. The standard InChI is InChI=1S/C22H25ClN6O3/c1-14(25-22(31)21-11-20(26-27-21)15(2)32-9-3-8-30)13-29-7-6-19(28-29)16-4-5-17(12-24)18(23)10-16/h4-7,10-11,14-15,30H,3,8-9,13H2,1-2H3,(H,25,31)(H,26,27)/t14-,15?/m0/s1. The smallest absolute Gasteiger partial charge is 0.272 e. The van der Waals surface area contributed by atoms with Crippen LogP contribution in [-0.2, 0) is 11.3 Å². The number of nitrogens with zero attached hydrogens (tertiary/aromatic N) is 4. The van der Waals surface area contributed by atoms with Crippen molar-refractivity contribution in [3.63, 3.8) is 0 Å². The molecule has 0 saturated carbocycles. The van der Waals surface area contributed by atoms with Crippen LogP contribution in [-0.4, -0.2) is 50.2 Å². The fourth-order valence-corrected chi connectivity index (χ4v) is 3.30. The molecule has 0 bridgehead atoms. The number of benzene rings is 1. The number of hydrogen-bond donors (Lipinski definition) is 3. The lowest BCUT2D eigenvalue weighted by Crippen LogP contribution is -2.36. The number of aromatic nitrogens is 4. The molecule has 32 heavy (non-hydrogen) atoms. The van der Waals surface area contributed by atoms with Crippen LogP contribution in [0.25, 0.3) is 11.3 Å². The predicted molar refractivity (Wildman–Crippen MR) is 119 cm³/mol. The van der Waals surface area contributed by atoms with Gasteiger partial charge in [0.1, 0.15) is 11.8 Å². The number of nitrogens with one attached hydrogen (secondary N) is 2. The van der Waals surface area contributed by atoms with Crippen LogP contribution in [0.4, 0.5) is 0 Å². The number of aromatic amines is 1. The highest BCUT2D eigenvalue weighted by Crippen LogP contribution is 2.24. The lowest BCUT2D eigenvalue weighted by Gasteiger charge is -2.13. The second-order valence-corrected chi connectivity index (χ2v) is 7.81. The van der Waals surface area contributed by atoms with Crippen molar-refractivity contribution in [1.82, 2.24) is 25.3 Å². The lowest BCUT2D eigenvalue weighted by atomic mass is 10.1. The summed E-state index contributed by atoms with van der Waals surface area (Å²) >= 11 is 6.11. The molecule has 1 amide bonds. The van der Waals surface area contributed by atoms with Crippen LogP contribution in [0.3, 0.4) is 0 Å². The first-order valence-electron chi connectivity index (χ1n) is 10.2. The molecule has 2 atom stereocenters. The first kappa shape index (κ1) is 23.5. The maximum atomic E-state index is 12.5. The van der Waals surface area contributed by atoms with Gasteiger partial charge < -0.3 is 15.2 Å². The SMILES string of the molecule is CC(OCCCO)c1cc(C(=O)N[C@@H](C)Cn2ccc(-c3ccc(C#N)c(Cl)c3)n2)n[nH]1. The van der Waals surface area contributed by atoms with Gasteiger partial charge >= 0.3 is 0 Å². The molecule has 0 fully saturated rings. The molecule has 0 radical (unpaired) electrons. The molecule has 3 aromatic rings. The van der Waals surface area contributed by atoms with E-state index in [1.807, 2.05) is 32.2 Å². The summed E-state index contributed by atoms with van der Waals surface area (Å²) in [7, 11) is 0. The van der Waals surface area contributed by atoms with Crippen molar-refractivity contribution >= 4 is 17.5 Å². The van der Waals surface area contributed by atoms with E-state index in [0.717, 1.165) is 11.3 Å². The molecule has 1 unspecified atom stereocenters. The zero-order valence-electron chi connectivity index (χ0n) is 17.9. The largest absolute Gasteiger partial charge is 0.396 e. The van der Waals surface area contributed by atoms with Gasteiger partial charge in [0.15, 0.2) is 0 Å². The van der Waals surface area contributed by atoms with Gasteiger partial charge in [-0.1, -0.05) is 17.7 Å². The number of hydrogen-bond acceptors (Lipinski definition) is 6. The van der Waals surface area contributed by atoms with Gasteiger partial charge in [-0.05, 0) is 44.5 Å². The number of carbonyl (C=O) groups excluding carboxylic acids is 1. The molecule has 0 aliphatic heterocycles. The van der Waals surface area contributed by atoms with Gasteiger partial charge in [-0.15, -0.1) is 0 Å². The topological polar surface area (TPSA) is 129 Å². The molecule has 168 valence electrons. The number of aliphatic hydroxyl groups is 1. The van der Waals surface area contributed by atoms with Crippen molar-refractivity contribution in [2.45, 2.75) is 39.0 Å². The van der Waals surface area contributed by atoms with E-state index in [-0.39, 0.29) is 30.4 Å². The van der Waals surface area contributed by atoms with E-state index in [9.17, 15) is 4.79 Å². The summed E-state index contributed by atoms with van der Waals surface area (Å²) in [6.45, 7) is 4.70. The third kappa shape index (κ3) is 5.95. The monoisotopic (exact) mass is 456 g/mol. The summed E-state index contributed by atoms with van der Waals surface area (Å²) in [5.41, 5.74) is 2.92. The van der Waals surface area contributed by atoms with Crippen LogP contribution in [0.15, 0.2) is 36.5 Å². The summed E-state index contributed by atoms with van der Waals surface area (Å²) in [5.74, 6) is -0.297. The minimum Gasteiger partial charge on any atom is -0.396 e. The third-order valence-electron chi connectivity index (χ3n) is 4.80. The minimum absolute atomic E-state index is 0.0696. The fraction of sp³-hybridized carbons (Fsp3) is 0.364. The first-order valence-corrected chi connectivity index (χ1v) is 10.6. The number of ether oxygens (including phenoxy) is 1. The van der Waals surface area contributed by atoms with E-state index in [4.69, 9.17) is 26.7 Å². The summed E-state index contributed by atoms with van der Waals surface area (Å²) < 4.78 is 7.32. The van der Waals surface area contributed by atoms with E-state index in [2.05, 4.69) is 20.6 Å². The predicted octanol–water partition coefficient (Wildman–Crippen LogP) is 3.08. The van der Waals surface area contributed by atoms with Crippen LogP contribution in [0.2, 0.25) is 5.02 Å². The molecule has 0 spiro atoms. The number of nitriles is 1. The van der Waals surface area contributed by atoms with Crippen LogP contribution in [0.1, 0.15) is 48.1 Å². The third-order valence-corrected chi connectivity index (χ3v) is 5.12. The normalized spacial score (nSPS) is 12.8. The van der Waals surface area contributed by atoms with Crippen LogP contribution in [0.5, 0.6) is 0 Å². The Morgan fingerprint density at radius 3 is 2.91 bits per heavy atom. The van der Waals surface area contributed by atoms with Crippen molar-refractivity contribution in [3.05, 3.63) is 58.5 Å². The number of aliphatic hydroxyl groups excluding tert-OH is 1. The van der Waals surface area contributed by atoms with E-state index in [1.165, 1.54) is 0 Å². The first-order chi connectivity index (χ1) is 15.4. The number of carbonyl (C=O) groups is 1. The van der Waals surface area contributed by atoms with Gasteiger partial charge in [0.05, 0.1) is 34.6 Å². The molecule has 0 aliphatic carbocycles. The highest BCUT2D eigenvalue weighted by atomic mass is 35.5. The second kappa shape index (κ2) is 10.9. The molecule has 9 nitrogen and oxygen atoms in total. The van der Waals surface area contributed by atoms with Gasteiger partial charge in [-0.2, -0.15) is 15.5 Å². The summed E-state index contributed by atoms with van der Waals surface area (Å²) in [6.07, 6.45) is 2.12. The maximum absolute atomic E-state index is 12.5. The van der Waals surface area contributed by atoms with E-state index in [0.29, 0.717) is 35.9 Å². The Bertz CT molecular complexity index is 1100. The maximum Gasteiger partial charge on any atom is 0.272 e. The van der Waals surface area contributed by atoms with Crippen molar-refractivity contribution in [2.75, 3.05) is 13.2 Å². The Labute approximate surface area is 191 Å². The molecule has 2 heterocycles. The Hall–Kier alpha value is -3.19. The Morgan fingerprint density at radius 2 is 2.19 bits per heavy atom. The van der Waals surface area contributed by atoms with Gasteiger partial charge in [-0.3, -0.25) is 14.6 Å². The summed E-state index contributed by atoms with van der Waals surface area (Å²) in [6, 6.07) is 10.5. The van der Waals surface area contributed by atoms with Crippen molar-refractivity contribution in [3.8, 4) is 17.3 Å². The molecule has 3 N–H and O–H groups in total. The van der Waals surface area contributed by atoms with Gasteiger partial charge in [-0.25, -0.2) is 0 Å². The summed E-state index contributed by atoms with van der Waals surface area (Å²) in [5, 5.41) is 32.5. The number of halogens is 1. The lowest BCUT2D eigenvalue weighted by molar-refractivity contribution is 0.0527. The number of H-pyrrole nitrogens is 1. The van der Waals surface area contributed by atoms with Crippen LogP contribution < -0.4 is 5.32 Å². The highest BCUT2D eigenvalue weighted by Gasteiger charge is 2.17. The Morgan fingerprint density at radius 1 is 1.38 bits per heavy atom. The molecule has 2 aromatic heterocycles. The average molecular weight is 457 g/mol. The molecule has 1 aromatic carbocycles. The van der Waals surface area contributed by atoms with Crippen molar-refractivity contribution < 1.29 is 14.6 Å². The van der Waals surface area contributed by atoms with Crippen LogP contribution in [0, 0.1) is 11.3 Å². The quantitative estimate of drug-likeness (QED) is 0.402. The summed E-state index contributed by atoms with van der Waals surface area (Å²) in [4.78, 5) is 12.5. The molecule has 10 heteroatoms. The zero-order valence-corrected chi connectivity index (χ0v) is 18.6. The molecular weight excluding hydrogens is 432 g/mol. The van der Waals surface area contributed by atoms with Crippen molar-refractivity contribution in [2.24, 2.45) is 0 Å². The van der Waals surface area contributed by atoms with E-state index >= 15 is 0 Å².